The highest BCUT2D eigenvalue weighted by atomic mass is 16.4. The van der Waals surface area contributed by atoms with E-state index in [1.165, 1.54) is 0 Å². The zero-order chi connectivity index (χ0) is 13.7. The van der Waals surface area contributed by atoms with E-state index in [0.717, 1.165) is 25.7 Å². The van der Waals surface area contributed by atoms with Crippen molar-refractivity contribution in [3.05, 3.63) is 0 Å². The van der Waals surface area contributed by atoms with Crippen LogP contribution in [0.15, 0.2) is 0 Å². The molecule has 4 nitrogen and oxygen atoms in total. The average Bonchev–Trinajstić information content (AvgIpc) is 2.26. The maximum Gasteiger partial charge on any atom is 0.306 e. The highest BCUT2D eigenvalue weighted by Gasteiger charge is 2.38. The molecule has 1 amide bonds. The van der Waals surface area contributed by atoms with Crippen molar-refractivity contribution in [2.45, 2.75) is 46.5 Å². The van der Waals surface area contributed by atoms with E-state index >= 15 is 0 Å². The van der Waals surface area contributed by atoms with Gasteiger partial charge in [-0.25, -0.2) is 0 Å². The molecule has 0 aromatic carbocycles. The molecule has 0 aromatic heterocycles. The van der Waals surface area contributed by atoms with Crippen LogP contribution in [0.2, 0.25) is 0 Å². The number of rotatable bonds is 7. The van der Waals surface area contributed by atoms with Gasteiger partial charge in [-0.15, -0.1) is 0 Å². The number of carboxylic acid groups (broad SMARTS) is 1. The largest absolute Gasteiger partial charge is 0.481 e. The molecule has 18 heavy (non-hydrogen) atoms. The second-order valence-electron chi connectivity index (χ2n) is 5.40. The van der Waals surface area contributed by atoms with Crippen molar-refractivity contribution in [1.82, 2.24) is 4.90 Å². The Morgan fingerprint density at radius 1 is 1.22 bits per heavy atom. The third kappa shape index (κ3) is 3.47. The third-order valence-corrected chi connectivity index (χ3v) is 3.94. The van der Waals surface area contributed by atoms with Gasteiger partial charge in [-0.05, 0) is 12.8 Å². The quantitative estimate of drug-likeness (QED) is 0.760. The maximum atomic E-state index is 12.2. The predicted molar refractivity (Wildman–Crippen MR) is 70.2 cm³/mol. The molecule has 4 heteroatoms. The van der Waals surface area contributed by atoms with Crippen molar-refractivity contribution in [2.75, 3.05) is 13.1 Å². The third-order valence-electron chi connectivity index (χ3n) is 3.94. The van der Waals surface area contributed by atoms with E-state index in [0.29, 0.717) is 13.1 Å². The van der Waals surface area contributed by atoms with Crippen LogP contribution in [0.1, 0.15) is 46.5 Å². The van der Waals surface area contributed by atoms with Crippen LogP contribution in [0, 0.1) is 17.8 Å². The summed E-state index contributed by atoms with van der Waals surface area (Å²) in [5.74, 6) is -0.598. The smallest absolute Gasteiger partial charge is 0.306 e. The van der Waals surface area contributed by atoms with Crippen molar-refractivity contribution < 1.29 is 14.7 Å². The number of hydrogen-bond donors (Lipinski definition) is 1. The second-order valence-corrected chi connectivity index (χ2v) is 5.40. The lowest BCUT2D eigenvalue weighted by Gasteiger charge is -2.42. The molecule has 1 aliphatic rings. The SMILES string of the molecule is CCCC(CCC)C(=O)N1CC(C(C)C(=O)O)C1. The van der Waals surface area contributed by atoms with Crippen LogP contribution in [0.25, 0.3) is 0 Å². The first-order valence-electron chi connectivity index (χ1n) is 7.02. The summed E-state index contributed by atoms with van der Waals surface area (Å²) < 4.78 is 0. The Labute approximate surface area is 109 Å². The van der Waals surface area contributed by atoms with E-state index in [-0.39, 0.29) is 23.7 Å². The standard InChI is InChI=1S/C14H25NO3/c1-4-6-11(7-5-2)13(16)15-8-12(9-15)10(3)14(17)18/h10-12H,4-9H2,1-3H3,(H,17,18). The Morgan fingerprint density at radius 2 is 1.72 bits per heavy atom. The van der Waals surface area contributed by atoms with Gasteiger partial charge in [0.2, 0.25) is 5.91 Å². The minimum Gasteiger partial charge on any atom is -0.481 e. The van der Waals surface area contributed by atoms with Crippen LogP contribution in [-0.4, -0.2) is 35.0 Å². The zero-order valence-electron chi connectivity index (χ0n) is 11.7. The van der Waals surface area contributed by atoms with Crippen molar-refractivity contribution in [3.63, 3.8) is 0 Å². The lowest BCUT2D eigenvalue weighted by molar-refractivity contribution is -0.152. The molecule has 104 valence electrons. The molecular weight excluding hydrogens is 230 g/mol. The van der Waals surface area contributed by atoms with Gasteiger partial charge in [-0.3, -0.25) is 9.59 Å². The fourth-order valence-electron chi connectivity index (χ4n) is 2.56. The first-order valence-corrected chi connectivity index (χ1v) is 7.02. The zero-order valence-corrected chi connectivity index (χ0v) is 11.7. The molecule has 1 N–H and O–H groups in total. The normalized spacial score (nSPS) is 17.7. The lowest BCUT2D eigenvalue weighted by Crippen LogP contribution is -2.55. The van der Waals surface area contributed by atoms with Crippen molar-refractivity contribution in [3.8, 4) is 0 Å². The first-order chi connectivity index (χ1) is 8.51. The number of carbonyl (C=O) groups is 2. The monoisotopic (exact) mass is 255 g/mol. The molecule has 1 atom stereocenters. The van der Waals surface area contributed by atoms with E-state index in [1.807, 2.05) is 4.90 Å². The highest BCUT2D eigenvalue weighted by Crippen LogP contribution is 2.27. The number of hydrogen-bond acceptors (Lipinski definition) is 2. The summed E-state index contributed by atoms with van der Waals surface area (Å²) in [5.41, 5.74) is 0. The van der Waals surface area contributed by atoms with E-state index in [2.05, 4.69) is 13.8 Å². The Balaban J connectivity index is 2.43. The van der Waals surface area contributed by atoms with Crippen LogP contribution >= 0.6 is 0 Å². The van der Waals surface area contributed by atoms with Gasteiger partial charge >= 0.3 is 5.97 Å². The summed E-state index contributed by atoms with van der Waals surface area (Å²) in [6, 6.07) is 0. The number of amides is 1. The van der Waals surface area contributed by atoms with Crippen molar-refractivity contribution in [2.24, 2.45) is 17.8 Å². The summed E-state index contributed by atoms with van der Waals surface area (Å²) in [7, 11) is 0. The minimum absolute atomic E-state index is 0.135. The number of nitrogens with zero attached hydrogens (tertiary/aromatic N) is 1. The summed E-state index contributed by atoms with van der Waals surface area (Å²) >= 11 is 0. The second kappa shape index (κ2) is 6.76. The number of carbonyl (C=O) groups excluding carboxylic acids is 1. The van der Waals surface area contributed by atoms with Gasteiger partial charge in [0.25, 0.3) is 0 Å². The molecule has 0 radical (unpaired) electrons. The maximum absolute atomic E-state index is 12.2. The van der Waals surface area contributed by atoms with Gasteiger partial charge in [0, 0.05) is 24.9 Å². The molecule has 0 bridgehead atoms. The molecule has 0 aliphatic carbocycles. The van der Waals surface area contributed by atoms with Crippen molar-refractivity contribution >= 4 is 11.9 Å². The van der Waals surface area contributed by atoms with Crippen LogP contribution < -0.4 is 0 Å². The Morgan fingerprint density at radius 3 is 2.11 bits per heavy atom. The van der Waals surface area contributed by atoms with Crippen LogP contribution in [0.5, 0.6) is 0 Å². The van der Waals surface area contributed by atoms with Crippen LogP contribution in [-0.2, 0) is 9.59 Å². The molecule has 1 heterocycles. The van der Waals surface area contributed by atoms with Gasteiger partial charge in [0.1, 0.15) is 0 Å². The van der Waals surface area contributed by atoms with Crippen LogP contribution in [0.3, 0.4) is 0 Å². The molecule has 1 aliphatic heterocycles. The fourth-order valence-corrected chi connectivity index (χ4v) is 2.56. The van der Waals surface area contributed by atoms with E-state index in [1.54, 1.807) is 6.92 Å². The van der Waals surface area contributed by atoms with Gasteiger partial charge in [0.05, 0.1) is 5.92 Å². The molecule has 0 saturated carbocycles. The average molecular weight is 255 g/mol. The summed E-state index contributed by atoms with van der Waals surface area (Å²) in [6.07, 6.45) is 3.95. The summed E-state index contributed by atoms with van der Waals surface area (Å²) in [5, 5.41) is 8.92. The van der Waals surface area contributed by atoms with Crippen LogP contribution in [0.4, 0.5) is 0 Å². The predicted octanol–water partition coefficient (Wildman–Crippen LogP) is 2.38. The number of likely N-dealkylation sites (tertiary alicyclic amines) is 1. The molecule has 0 spiro atoms. The number of aliphatic carboxylic acids is 1. The topological polar surface area (TPSA) is 57.6 Å². The highest BCUT2D eigenvalue weighted by molar-refractivity contribution is 5.80. The Hall–Kier alpha value is -1.06. The van der Waals surface area contributed by atoms with Gasteiger partial charge < -0.3 is 10.0 Å². The lowest BCUT2D eigenvalue weighted by atomic mass is 9.85. The molecule has 1 fully saturated rings. The Bertz CT molecular complexity index is 291. The molecule has 1 saturated heterocycles. The minimum atomic E-state index is -0.759. The summed E-state index contributed by atoms with van der Waals surface area (Å²) in [6.45, 7) is 7.17. The van der Waals surface area contributed by atoms with Gasteiger partial charge in [0.15, 0.2) is 0 Å². The summed E-state index contributed by atoms with van der Waals surface area (Å²) in [4.78, 5) is 24.9. The van der Waals surface area contributed by atoms with E-state index < -0.39 is 5.97 Å². The van der Waals surface area contributed by atoms with Gasteiger partial charge in [-0.1, -0.05) is 33.6 Å². The van der Waals surface area contributed by atoms with Crippen molar-refractivity contribution in [1.29, 1.82) is 0 Å². The molecule has 1 unspecified atom stereocenters. The van der Waals surface area contributed by atoms with Gasteiger partial charge in [-0.2, -0.15) is 0 Å². The first kappa shape index (κ1) is 15.0. The molecule has 1 rings (SSSR count). The Kier molecular flexibility index (Phi) is 5.63. The molecular formula is C14H25NO3. The van der Waals surface area contributed by atoms with E-state index in [4.69, 9.17) is 5.11 Å². The number of carboxylic acids is 1. The molecule has 0 aromatic rings. The fraction of sp³-hybridized carbons (Fsp3) is 0.857. The van der Waals surface area contributed by atoms with E-state index in [9.17, 15) is 9.59 Å².